The highest BCUT2D eigenvalue weighted by Gasteiger charge is 2.30. The van der Waals surface area contributed by atoms with Crippen LogP contribution in [0.1, 0.15) is 37.7 Å². The molecule has 0 bridgehead atoms. The van der Waals surface area contributed by atoms with E-state index in [1.165, 1.54) is 0 Å². The van der Waals surface area contributed by atoms with Crippen LogP contribution in [0.5, 0.6) is 0 Å². The van der Waals surface area contributed by atoms with Crippen LogP contribution in [0.25, 0.3) is 10.9 Å². The van der Waals surface area contributed by atoms with Gasteiger partial charge < -0.3 is 42.6 Å². The second kappa shape index (κ2) is 14.6. The van der Waals surface area contributed by atoms with Crippen LogP contribution in [0.15, 0.2) is 30.5 Å². The first-order valence-electron chi connectivity index (χ1n) is 12.0. The van der Waals surface area contributed by atoms with Crippen molar-refractivity contribution in [2.24, 2.45) is 11.5 Å². The van der Waals surface area contributed by atoms with Crippen molar-refractivity contribution < 1.29 is 34.2 Å². The molecule has 3 amide bonds. The fourth-order valence-electron chi connectivity index (χ4n) is 3.82. The Kier molecular flexibility index (Phi) is 11.5. The molecule has 0 aliphatic rings. The lowest BCUT2D eigenvalue weighted by Gasteiger charge is -2.24. The van der Waals surface area contributed by atoms with Gasteiger partial charge in [0.05, 0.1) is 6.54 Å². The number of aromatic nitrogens is 1. The third-order valence-corrected chi connectivity index (χ3v) is 5.78. The Morgan fingerprint density at radius 3 is 2.14 bits per heavy atom. The summed E-state index contributed by atoms with van der Waals surface area (Å²) in [5.41, 5.74) is 12.3. The van der Waals surface area contributed by atoms with Crippen molar-refractivity contribution >= 4 is 40.6 Å². The summed E-state index contributed by atoms with van der Waals surface area (Å²) in [6.07, 6.45) is 2.20. The van der Waals surface area contributed by atoms with E-state index in [2.05, 4.69) is 20.9 Å². The minimum Gasteiger partial charge on any atom is -0.481 e. The number of carboxylic acid groups (broad SMARTS) is 2. The van der Waals surface area contributed by atoms with Crippen LogP contribution < -0.4 is 27.4 Å². The molecule has 0 spiro atoms. The van der Waals surface area contributed by atoms with Gasteiger partial charge in [-0.05, 0) is 43.9 Å². The molecule has 37 heavy (non-hydrogen) atoms. The van der Waals surface area contributed by atoms with Crippen molar-refractivity contribution in [3.05, 3.63) is 36.0 Å². The van der Waals surface area contributed by atoms with Crippen molar-refractivity contribution in [1.82, 2.24) is 20.9 Å². The number of carbonyl (C=O) groups excluding carboxylic acids is 3. The van der Waals surface area contributed by atoms with E-state index in [1.807, 2.05) is 18.2 Å². The molecule has 1 heterocycles. The molecule has 3 atom stereocenters. The van der Waals surface area contributed by atoms with Crippen LogP contribution in [0.2, 0.25) is 0 Å². The van der Waals surface area contributed by atoms with Gasteiger partial charge in [-0.1, -0.05) is 18.2 Å². The SMILES string of the molecule is NCCCCC(NC(=O)CN)C(=O)NC(CCC(=O)O)C(=O)NC(Cc1c[nH]c2ccccc12)C(=O)O. The molecule has 13 nitrogen and oxygen atoms in total. The molecular weight excluding hydrogens is 484 g/mol. The Balaban J connectivity index is 2.17. The van der Waals surface area contributed by atoms with Crippen LogP contribution >= 0.6 is 0 Å². The van der Waals surface area contributed by atoms with Crippen LogP contribution in [0.3, 0.4) is 0 Å². The number of nitrogens with two attached hydrogens (primary N) is 2. The fourth-order valence-corrected chi connectivity index (χ4v) is 3.82. The number of carbonyl (C=O) groups is 5. The molecule has 1 aromatic carbocycles. The van der Waals surface area contributed by atoms with E-state index < -0.39 is 54.2 Å². The van der Waals surface area contributed by atoms with E-state index in [4.69, 9.17) is 16.6 Å². The Bertz CT molecular complexity index is 1100. The summed E-state index contributed by atoms with van der Waals surface area (Å²) in [7, 11) is 0. The number of nitrogens with one attached hydrogen (secondary N) is 4. The highest BCUT2D eigenvalue weighted by molar-refractivity contribution is 5.94. The average Bonchev–Trinajstić information content (AvgIpc) is 3.27. The number of para-hydroxylation sites is 1. The molecule has 3 unspecified atom stereocenters. The number of hydrogen-bond donors (Lipinski definition) is 8. The van der Waals surface area contributed by atoms with Gasteiger partial charge >= 0.3 is 11.9 Å². The van der Waals surface area contributed by atoms with E-state index in [0.29, 0.717) is 24.9 Å². The Hall–Kier alpha value is -3.97. The van der Waals surface area contributed by atoms with E-state index >= 15 is 0 Å². The first-order valence-corrected chi connectivity index (χ1v) is 12.0. The number of aliphatic carboxylic acids is 2. The third-order valence-electron chi connectivity index (χ3n) is 5.78. The Morgan fingerprint density at radius 2 is 1.51 bits per heavy atom. The molecule has 0 fully saturated rings. The topological polar surface area (TPSA) is 230 Å². The minimum absolute atomic E-state index is 0.0427. The number of carboxylic acids is 2. The highest BCUT2D eigenvalue weighted by Crippen LogP contribution is 2.19. The maximum atomic E-state index is 13.0. The summed E-state index contributed by atoms with van der Waals surface area (Å²) in [5.74, 6) is -4.64. The highest BCUT2D eigenvalue weighted by atomic mass is 16.4. The predicted octanol–water partition coefficient (Wildman–Crippen LogP) is -0.798. The van der Waals surface area contributed by atoms with Gasteiger partial charge in [0.15, 0.2) is 0 Å². The largest absolute Gasteiger partial charge is 0.481 e. The molecule has 0 aliphatic heterocycles. The average molecular weight is 519 g/mol. The molecule has 1 aromatic heterocycles. The lowest BCUT2D eigenvalue weighted by atomic mass is 10.0. The van der Waals surface area contributed by atoms with Gasteiger partial charge in [0.1, 0.15) is 18.1 Å². The van der Waals surface area contributed by atoms with Crippen LogP contribution in [-0.2, 0) is 30.4 Å². The predicted molar refractivity (Wildman–Crippen MR) is 134 cm³/mol. The minimum atomic E-state index is -1.35. The lowest BCUT2D eigenvalue weighted by molar-refractivity contribution is -0.143. The number of rotatable bonds is 16. The zero-order valence-electron chi connectivity index (χ0n) is 20.4. The van der Waals surface area contributed by atoms with Gasteiger partial charge in [-0.2, -0.15) is 0 Å². The molecule has 0 saturated carbocycles. The van der Waals surface area contributed by atoms with E-state index in [-0.39, 0.29) is 25.8 Å². The molecule has 2 aromatic rings. The molecule has 13 heteroatoms. The molecule has 0 aliphatic carbocycles. The zero-order chi connectivity index (χ0) is 27.4. The molecule has 202 valence electrons. The van der Waals surface area contributed by atoms with Crippen molar-refractivity contribution in [3.63, 3.8) is 0 Å². The van der Waals surface area contributed by atoms with Gasteiger partial charge in [-0.25, -0.2) is 4.79 Å². The molecule has 0 saturated heterocycles. The zero-order valence-corrected chi connectivity index (χ0v) is 20.4. The van der Waals surface area contributed by atoms with Crippen molar-refractivity contribution in [2.45, 2.75) is 56.7 Å². The van der Waals surface area contributed by atoms with Gasteiger partial charge in [-0.3, -0.25) is 19.2 Å². The second-order valence-electron chi connectivity index (χ2n) is 8.57. The van der Waals surface area contributed by atoms with Crippen molar-refractivity contribution in [2.75, 3.05) is 13.1 Å². The molecule has 10 N–H and O–H groups in total. The van der Waals surface area contributed by atoms with Crippen LogP contribution in [0.4, 0.5) is 0 Å². The van der Waals surface area contributed by atoms with Crippen LogP contribution in [-0.4, -0.2) is 76.1 Å². The smallest absolute Gasteiger partial charge is 0.326 e. The first kappa shape index (κ1) is 29.3. The van der Waals surface area contributed by atoms with Crippen molar-refractivity contribution in [3.8, 4) is 0 Å². The standard InChI is InChI=1S/C24H34N6O7/c25-10-4-3-7-17(28-20(31)12-26)22(34)29-18(8-9-21(32)33)23(35)30-19(24(36)37)11-14-13-27-16-6-2-1-5-15(14)16/h1-2,5-6,13,17-19,27H,3-4,7-12,25-26H2,(H,28,31)(H,29,34)(H,30,35)(H,32,33)(H,36,37). The van der Waals surface area contributed by atoms with Gasteiger partial charge in [0.2, 0.25) is 17.7 Å². The van der Waals surface area contributed by atoms with E-state index in [1.54, 1.807) is 12.3 Å². The quantitative estimate of drug-likeness (QED) is 0.130. The summed E-state index contributed by atoms with van der Waals surface area (Å²) in [5, 5.41) is 27.0. The number of H-pyrrole nitrogens is 1. The number of unbranched alkanes of at least 4 members (excludes halogenated alkanes) is 1. The summed E-state index contributed by atoms with van der Waals surface area (Å²) in [6.45, 7) is 0.0353. The third kappa shape index (κ3) is 9.20. The van der Waals surface area contributed by atoms with Gasteiger partial charge in [0, 0.05) is 29.9 Å². The monoisotopic (exact) mass is 518 g/mol. The number of aromatic amines is 1. The fraction of sp³-hybridized carbons (Fsp3) is 0.458. The molecule has 0 radical (unpaired) electrons. The maximum Gasteiger partial charge on any atom is 0.326 e. The molecule has 2 rings (SSSR count). The number of hydrogen-bond acceptors (Lipinski definition) is 7. The number of amides is 3. The maximum absolute atomic E-state index is 13.0. The summed E-state index contributed by atoms with van der Waals surface area (Å²) in [4.78, 5) is 63.9. The number of benzene rings is 1. The normalized spacial score (nSPS) is 13.4. The lowest BCUT2D eigenvalue weighted by Crippen LogP contribution is -2.56. The van der Waals surface area contributed by atoms with Crippen molar-refractivity contribution in [1.29, 1.82) is 0 Å². The summed E-state index contributed by atoms with van der Waals surface area (Å²) < 4.78 is 0. The molecular formula is C24H34N6O7. The second-order valence-corrected chi connectivity index (χ2v) is 8.57. The Morgan fingerprint density at radius 1 is 0.865 bits per heavy atom. The first-order chi connectivity index (χ1) is 17.7. The van der Waals surface area contributed by atoms with E-state index in [9.17, 15) is 29.1 Å². The summed E-state index contributed by atoms with van der Waals surface area (Å²) >= 11 is 0. The van der Waals surface area contributed by atoms with E-state index in [0.717, 1.165) is 10.9 Å². The number of fused-ring (bicyclic) bond motifs is 1. The summed E-state index contributed by atoms with van der Waals surface area (Å²) in [6, 6.07) is 3.57. The Labute approximate surface area is 213 Å². The van der Waals surface area contributed by atoms with Gasteiger partial charge in [0.25, 0.3) is 0 Å². The van der Waals surface area contributed by atoms with Crippen LogP contribution in [0, 0.1) is 0 Å². The van der Waals surface area contributed by atoms with Gasteiger partial charge in [-0.15, -0.1) is 0 Å².